The molecule has 0 aliphatic carbocycles. The maximum Gasteiger partial charge on any atom is 0.339 e. The third kappa shape index (κ3) is 5.14. The second-order valence-corrected chi connectivity index (χ2v) is 7.65. The summed E-state index contributed by atoms with van der Waals surface area (Å²) in [6.45, 7) is 3.72. The number of rotatable bonds is 9. The molecule has 1 amide bonds. The highest BCUT2D eigenvalue weighted by atomic mass is 16.5. The smallest absolute Gasteiger partial charge is 0.339 e. The van der Waals surface area contributed by atoms with Crippen LogP contribution < -0.4 is 21.9 Å². The van der Waals surface area contributed by atoms with Gasteiger partial charge < -0.3 is 15.4 Å². The van der Waals surface area contributed by atoms with Crippen LogP contribution in [0.4, 0.5) is 11.5 Å². The summed E-state index contributed by atoms with van der Waals surface area (Å²) in [4.78, 5) is 53.9. The van der Waals surface area contributed by atoms with Crippen molar-refractivity contribution < 1.29 is 14.3 Å². The maximum absolute atomic E-state index is 13.1. The molecule has 9 heteroatoms. The minimum Gasteiger partial charge on any atom is -0.452 e. The van der Waals surface area contributed by atoms with Gasteiger partial charge in [0.25, 0.3) is 11.5 Å². The number of esters is 1. The minimum atomic E-state index is -0.755. The molecular weight excluding hydrogens is 424 g/mol. The molecular formula is C24H28N4O5. The van der Waals surface area contributed by atoms with Crippen LogP contribution in [-0.2, 0) is 16.1 Å². The largest absolute Gasteiger partial charge is 0.452 e. The molecule has 33 heavy (non-hydrogen) atoms. The standard InChI is InChI=1S/C24H28N4O5/c1-3-5-14-27(20-21(25)28(13-4-2)24(32)26-22(20)30)19(29)15-33-23(31)18-12-8-10-16-9-6-7-11-17(16)18/h6-12H,3-5,13-15,25H2,1-2H3,(H,26,30,32). The van der Waals surface area contributed by atoms with Crippen molar-refractivity contribution in [2.24, 2.45) is 0 Å². The Labute approximate surface area is 190 Å². The zero-order valence-electron chi connectivity index (χ0n) is 18.8. The normalized spacial score (nSPS) is 10.8. The Kier molecular flexibility index (Phi) is 7.66. The van der Waals surface area contributed by atoms with Crippen LogP contribution in [0.15, 0.2) is 52.1 Å². The average molecular weight is 453 g/mol. The fourth-order valence-corrected chi connectivity index (χ4v) is 3.65. The van der Waals surface area contributed by atoms with Crippen molar-refractivity contribution >= 4 is 34.2 Å². The van der Waals surface area contributed by atoms with Gasteiger partial charge in [-0.25, -0.2) is 9.59 Å². The highest BCUT2D eigenvalue weighted by Gasteiger charge is 2.25. The molecule has 3 aromatic rings. The van der Waals surface area contributed by atoms with Crippen LogP contribution in [0.3, 0.4) is 0 Å². The van der Waals surface area contributed by atoms with Gasteiger partial charge in [-0.1, -0.05) is 56.7 Å². The predicted octanol–water partition coefficient (Wildman–Crippen LogP) is 2.67. The van der Waals surface area contributed by atoms with Crippen LogP contribution in [0.25, 0.3) is 10.8 Å². The number of nitrogens with two attached hydrogens (primary N) is 1. The van der Waals surface area contributed by atoms with E-state index < -0.39 is 29.7 Å². The molecule has 1 heterocycles. The van der Waals surface area contributed by atoms with E-state index in [9.17, 15) is 19.2 Å². The van der Waals surface area contributed by atoms with Gasteiger partial charge in [-0.15, -0.1) is 0 Å². The molecule has 0 radical (unpaired) electrons. The van der Waals surface area contributed by atoms with E-state index in [1.807, 2.05) is 38.1 Å². The quantitative estimate of drug-likeness (QED) is 0.481. The number of aromatic nitrogens is 2. The van der Waals surface area contributed by atoms with Crippen molar-refractivity contribution in [1.82, 2.24) is 9.55 Å². The highest BCUT2D eigenvalue weighted by molar-refractivity contribution is 6.05. The number of aromatic amines is 1. The number of unbranched alkanes of at least 4 members (excludes halogenated alkanes) is 1. The van der Waals surface area contributed by atoms with Crippen molar-refractivity contribution in [3.05, 3.63) is 68.9 Å². The first kappa shape index (κ1) is 23.8. The van der Waals surface area contributed by atoms with Crippen LogP contribution in [0.5, 0.6) is 0 Å². The summed E-state index contributed by atoms with van der Waals surface area (Å²) in [6.07, 6.45) is 1.96. The fourth-order valence-electron chi connectivity index (χ4n) is 3.65. The SMILES string of the molecule is CCCCN(C(=O)COC(=O)c1cccc2ccccc12)c1c(N)n(CCC)c(=O)[nH]c1=O. The first-order valence-corrected chi connectivity index (χ1v) is 11.0. The van der Waals surface area contributed by atoms with Crippen molar-refractivity contribution in [2.45, 2.75) is 39.7 Å². The van der Waals surface area contributed by atoms with E-state index in [1.54, 1.807) is 18.2 Å². The molecule has 0 atom stereocenters. The molecule has 3 rings (SSSR count). The third-order valence-electron chi connectivity index (χ3n) is 5.30. The number of hydrogen-bond donors (Lipinski definition) is 2. The Bertz CT molecular complexity index is 1270. The van der Waals surface area contributed by atoms with Crippen LogP contribution in [-0.4, -0.2) is 34.6 Å². The number of nitrogen functional groups attached to an aromatic ring is 1. The zero-order chi connectivity index (χ0) is 24.0. The van der Waals surface area contributed by atoms with Crippen molar-refractivity contribution in [3.8, 4) is 0 Å². The van der Waals surface area contributed by atoms with Crippen molar-refractivity contribution in [3.63, 3.8) is 0 Å². The molecule has 0 aliphatic heterocycles. The second-order valence-electron chi connectivity index (χ2n) is 7.65. The van der Waals surface area contributed by atoms with Gasteiger partial charge in [0.15, 0.2) is 12.3 Å². The number of anilines is 2. The molecule has 0 unspecified atom stereocenters. The number of fused-ring (bicyclic) bond motifs is 1. The van der Waals surface area contributed by atoms with Gasteiger partial charge >= 0.3 is 11.7 Å². The summed E-state index contributed by atoms with van der Waals surface area (Å²) >= 11 is 0. The number of carbonyl (C=O) groups is 2. The first-order chi connectivity index (χ1) is 15.9. The number of ether oxygens (including phenoxy) is 1. The van der Waals surface area contributed by atoms with E-state index in [0.29, 0.717) is 30.3 Å². The summed E-state index contributed by atoms with van der Waals surface area (Å²) in [5.41, 5.74) is 4.98. The molecule has 0 bridgehead atoms. The van der Waals surface area contributed by atoms with Crippen LogP contribution in [0.1, 0.15) is 43.5 Å². The van der Waals surface area contributed by atoms with Gasteiger partial charge in [0.1, 0.15) is 5.82 Å². The summed E-state index contributed by atoms with van der Waals surface area (Å²) in [6, 6.07) is 12.6. The molecule has 0 fully saturated rings. The number of amides is 1. The lowest BCUT2D eigenvalue weighted by Gasteiger charge is -2.24. The lowest BCUT2D eigenvalue weighted by molar-refractivity contribution is -0.121. The summed E-state index contributed by atoms with van der Waals surface area (Å²) in [5.74, 6) is -1.33. The number of benzene rings is 2. The Morgan fingerprint density at radius 1 is 1.06 bits per heavy atom. The third-order valence-corrected chi connectivity index (χ3v) is 5.30. The molecule has 0 saturated heterocycles. The number of hydrogen-bond acceptors (Lipinski definition) is 6. The Hall–Kier alpha value is -3.88. The van der Waals surface area contributed by atoms with E-state index in [0.717, 1.165) is 11.8 Å². The van der Waals surface area contributed by atoms with Gasteiger partial charge in [-0.05, 0) is 29.7 Å². The molecule has 174 valence electrons. The second kappa shape index (κ2) is 10.6. The van der Waals surface area contributed by atoms with Gasteiger partial charge in [-0.2, -0.15) is 0 Å². The van der Waals surface area contributed by atoms with Crippen LogP contribution >= 0.6 is 0 Å². The van der Waals surface area contributed by atoms with Crippen LogP contribution in [0, 0.1) is 0 Å². The Balaban J connectivity index is 1.88. The lowest BCUT2D eigenvalue weighted by atomic mass is 10.1. The number of nitrogens with one attached hydrogen (secondary N) is 1. The van der Waals surface area contributed by atoms with E-state index in [2.05, 4.69) is 4.98 Å². The van der Waals surface area contributed by atoms with Gasteiger partial charge in [0.2, 0.25) is 0 Å². The Morgan fingerprint density at radius 3 is 2.52 bits per heavy atom. The number of carbonyl (C=O) groups excluding carboxylic acids is 2. The monoisotopic (exact) mass is 452 g/mol. The number of nitrogens with zero attached hydrogens (tertiary/aromatic N) is 2. The van der Waals surface area contributed by atoms with Crippen molar-refractivity contribution in [1.29, 1.82) is 0 Å². The van der Waals surface area contributed by atoms with E-state index in [1.165, 1.54) is 9.47 Å². The summed E-state index contributed by atoms with van der Waals surface area (Å²) in [5, 5.41) is 1.59. The molecule has 0 spiro atoms. The fraction of sp³-hybridized carbons (Fsp3) is 0.333. The van der Waals surface area contributed by atoms with Gasteiger partial charge in [-0.3, -0.25) is 19.1 Å². The summed E-state index contributed by atoms with van der Waals surface area (Å²) < 4.78 is 6.54. The molecule has 9 nitrogen and oxygen atoms in total. The van der Waals surface area contributed by atoms with E-state index in [4.69, 9.17) is 10.5 Å². The predicted molar refractivity (Wildman–Crippen MR) is 128 cm³/mol. The lowest BCUT2D eigenvalue weighted by Crippen LogP contribution is -2.43. The highest BCUT2D eigenvalue weighted by Crippen LogP contribution is 2.21. The molecule has 1 aromatic heterocycles. The molecule has 0 aliphatic rings. The molecule has 0 saturated carbocycles. The van der Waals surface area contributed by atoms with Gasteiger partial charge in [0, 0.05) is 13.1 Å². The Morgan fingerprint density at radius 2 is 1.79 bits per heavy atom. The van der Waals surface area contributed by atoms with E-state index in [-0.39, 0.29) is 18.1 Å². The first-order valence-electron chi connectivity index (χ1n) is 11.0. The van der Waals surface area contributed by atoms with Crippen LogP contribution in [0.2, 0.25) is 0 Å². The summed E-state index contributed by atoms with van der Waals surface area (Å²) in [7, 11) is 0. The molecule has 2 aromatic carbocycles. The van der Waals surface area contributed by atoms with Gasteiger partial charge in [0.05, 0.1) is 5.56 Å². The molecule has 3 N–H and O–H groups in total. The number of H-pyrrole nitrogens is 1. The van der Waals surface area contributed by atoms with E-state index >= 15 is 0 Å². The maximum atomic E-state index is 13.1. The van der Waals surface area contributed by atoms with Crippen molar-refractivity contribution in [2.75, 3.05) is 23.8 Å². The zero-order valence-corrected chi connectivity index (χ0v) is 18.8. The average Bonchev–Trinajstić information content (AvgIpc) is 2.81. The topological polar surface area (TPSA) is 127 Å². The minimum absolute atomic E-state index is 0.0876.